The maximum absolute atomic E-state index is 5.51. The molecule has 2 N–H and O–H groups in total. The van der Waals surface area contributed by atoms with Gasteiger partial charge in [-0.3, -0.25) is 9.89 Å². The summed E-state index contributed by atoms with van der Waals surface area (Å²) in [7, 11) is 4.01. The molecule has 2 rings (SSSR count). The molecule has 8 heteroatoms. The number of rotatable bonds is 9. The Bertz CT molecular complexity index is 594. The highest BCUT2D eigenvalue weighted by Crippen LogP contribution is 2.22. The summed E-state index contributed by atoms with van der Waals surface area (Å²) < 4.78 is 5.51. The molecular weight excluding hydrogens is 479 g/mol. The van der Waals surface area contributed by atoms with E-state index < -0.39 is 0 Å². The van der Waals surface area contributed by atoms with Crippen LogP contribution in [0.5, 0.6) is 0 Å². The van der Waals surface area contributed by atoms with Crippen LogP contribution in [0.4, 0.5) is 0 Å². The lowest BCUT2D eigenvalue weighted by atomic mass is 9.99. The van der Waals surface area contributed by atoms with E-state index in [1.165, 1.54) is 0 Å². The number of guanidine groups is 1. The van der Waals surface area contributed by atoms with Crippen molar-refractivity contribution in [3.63, 3.8) is 0 Å². The first kappa shape index (κ1) is 26.2. The fourth-order valence-corrected chi connectivity index (χ4v) is 3.84. The third-order valence-electron chi connectivity index (χ3n) is 5.89. The predicted octanol–water partition coefficient (Wildman–Crippen LogP) is 3.13. The van der Waals surface area contributed by atoms with Gasteiger partial charge in [0.15, 0.2) is 11.7 Å². The fourth-order valence-electron chi connectivity index (χ4n) is 3.84. The molecule has 2 heterocycles. The zero-order valence-electron chi connectivity index (χ0n) is 19.1. The molecule has 1 aliphatic heterocycles. The van der Waals surface area contributed by atoms with Crippen LogP contribution in [0, 0.1) is 5.92 Å². The Hall–Kier alpha value is -0.870. The van der Waals surface area contributed by atoms with Crippen molar-refractivity contribution in [1.29, 1.82) is 0 Å². The molecule has 1 unspecified atom stereocenters. The second-order valence-electron chi connectivity index (χ2n) is 8.19. The number of hydrogen-bond acceptors (Lipinski definition) is 5. The van der Waals surface area contributed by atoms with Gasteiger partial charge in [0, 0.05) is 57.8 Å². The molecule has 0 saturated carbocycles. The summed E-state index contributed by atoms with van der Waals surface area (Å²) in [5, 5.41) is 11.1. The van der Waals surface area contributed by atoms with E-state index >= 15 is 0 Å². The average Bonchev–Trinajstić information content (AvgIpc) is 3.15. The van der Waals surface area contributed by atoms with Crippen LogP contribution in [0.3, 0.4) is 0 Å². The maximum atomic E-state index is 5.51. The van der Waals surface area contributed by atoms with Crippen molar-refractivity contribution in [1.82, 2.24) is 25.6 Å². The highest BCUT2D eigenvalue weighted by molar-refractivity contribution is 14.0. The number of aliphatic imine (C=N–C) groups is 1. The van der Waals surface area contributed by atoms with Gasteiger partial charge in [-0.2, -0.15) is 0 Å². The fraction of sp³-hybridized carbons (Fsp3) is 0.810. The molecule has 0 amide bonds. The van der Waals surface area contributed by atoms with Gasteiger partial charge in [-0.1, -0.05) is 32.9 Å². The minimum absolute atomic E-state index is 0. The molecule has 0 bridgehead atoms. The van der Waals surface area contributed by atoms with Gasteiger partial charge in [-0.05, 0) is 25.8 Å². The summed E-state index contributed by atoms with van der Waals surface area (Å²) in [6, 6.07) is 2.57. The standard InChI is InChI=1S/C21H40N6O.HI/c1-7-17(8-2)19-13-18(28-25-19)14-23-21(22-5)24-15-20(16(3)4)27-11-9-26(6)10-12-27;/h13,16-17,20H,7-12,14-15H2,1-6H3,(H2,22,23,24);1H. The van der Waals surface area contributed by atoms with Crippen molar-refractivity contribution in [2.45, 2.75) is 59.0 Å². The zero-order chi connectivity index (χ0) is 20.5. The van der Waals surface area contributed by atoms with Gasteiger partial charge < -0.3 is 20.1 Å². The summed E-state index contributed by atoms with van der Waals surface area (Å²) in [5.41, 5.74) is 1.06. The molecule has 1 aromatic heterocycles. The van der Waals surface area contributed by atoms with Gasteiger partial charge in [0.1, 0.15) is 0 Å². The van der Waals surface area contributed by atoms with Gasteiger partial charge in [0.2, 0.25) is 0 Å². The van der Waals surface area contributed by atoms with Crippen LogP contribution < -0.4 is 10.6 Å². The molecule has 168 valence electrons. The molecule has 0 aliphatic carbocycles. The van der Waals surface area contributed by atoms with Crippen LogP contribution in [-0.4, -0.2) is 73.8 Å². The van der Waals surface area contributed by atoms with Gasteiger partial charge in [0.05, 0.1) is 12.2 Å². The number of hydrogen-bond donors (Lipinski definition) is 2. The number of nitrogens with one attached hydrogen (secondary N) is 2. The Morgan fingerprint density at radius 1 is 1.17 bits per heavy atom. The van der Waals surface area contributed by atoms with E-state index in [1.54, 1.807) is 0 Å². The Kier molecular flexibility index (Phi) is 12.1. The summed E-state index contributed by atoms with van der Waals surface area (Å²) in [5.74, 6) is 2.72. The van der Waals surface area contributed by atoms with Gasteiger partial charge in [-0.25, -0.2) is 0 Å². The van der Waals surface area contributed by atoms with E-state index in [1.807, 2.05) is 7.05 Å². The van der Waals surface area contributed by atoms with Crippen molar-refractivity contribution < 1.29 is 4.52 Å². The van der Waals surface area contributed by atoms with Crippen LogP contribution in [0.2, 0.25) is 0 Å². The predicted molar refractivity (Wildman–Crippen MR) is 131 cm³/mol. The molecule has 1 saturated heterocycles. The van der Waals surface area contributed by atoms with E-state index in [2.05, 4.69) is 71.4 Å². The Morgan fingerprint density at radius 3 is 2.38 bits per heavy atom. The van der Waals surface area contributed by atoms with Crippen molar-refractivity contribution in [2.24, 2.45) is 10.9 Å². The third-order valence-corrected chi connectivity index (χ3v) is 5.89. The second-order valence-corrected chi connectivity index (χ2v) is 8.19. The molecule has 1 aromatic rings. The molecule has 0 spiro atoms. The second kappa shape index (κ2) is 13.4. The van der Waals surface area contributed by atoms with Crippen LogP contribution in [0.15, 0.2) is 15.6 Å². The monoisotopic (exact) mass is 520 g/mol. The maximum Gasteiger partial charge on any atom is 0.191 e. The highest BCUT2D eigenvalue weighted by atomic mass is 127. The van der Waals surface area contributed by atoms with Crippen molar-refractivity contribution in [3.05, 3.63) is 17.5 Å². The number of likely N-dealkylation sites (N-methyl/N-ethyl adjacent to an activating group) is 1. The van der Waals surface area contributed by atoms with Crippen LogP contribution in [0.25, 0.3) is 0 Å². The molecule has 1 aliphatic rings. The molecule has 1 atom stereocenters. The molecule has 7 nitrogen and oxygen atoms in total. The van der Waals surface area contributed by atoms with E-state index in [-0.39, 0.29) is 24.0 Å². The lowest BCUT2D eigenvalue weighted by Crippen LogP contribution is -2.55. The Labute approximate surface area is 194 Å². The topological polar surface area (TPSA) is 68.9 Å². The van der Waals surface area contributed by atoms with Crippen molar-refractivity contribution in [2.75, 3.05) is 46.8 Å². The lowest BCUT2D eigenvalue weighted by molar-refractivity contribution is 0.0900. The van der Waals surface area contributed by atoms with Crippen LogP contribution in [0.1, 0.15) is 57.9 Å². The number of piperazine rings is 1. The molecular formula is C21H41IN6O. The minimum atomic E-state index is 0. The Morgan fingerprint density at radius 2 is 1.83 bits per heavy atom. The van der Waals surface area contributed by atoms with Gasteiger partial charge >= 0.3 is 0 Å². The van der Waals surface area contributed by atoms with E-state index in [0.717, 1.165) is 63.0 Å². The summed E-state index contributed by atoms with van der Waals surface area (Å²) in [4.78, 5) is 9.37. The van der Waals surface area contributed by atoms with Crippen molar-refractivity contribution >= 4 is 29.9 Å². The first-order chi connectivity index (χ1) is 13.5. The first-order valence-electron chi connectivity index (χ1n) is 10.8. The molecule has 0 aromatic carbocycles. The average molecular weight is 521 g/mol. The highest BCUT2D eigenvalue weighted by Gasteiger charge is 2.25. The minimum Gasteiger partial charge on any atom is -0.359 e. The first-order valence-corrected chi connectivity index (χ1v) is 10.8. The molecule has 1 fully saturated rings. The number of nitrogens with zero attached hydrogens (tertiary/aromatic N) is 4. The third kappa shape index (κ3) is 8.05. The molecule has 29 heavy (non-hydrogen) atoms. The van der Waals surface area contributed by atoms with Crippen LogP contribution >= 0.6 is 24.0 Å². The number of aromatic nitrogens is 1. The number of halogens is 1. The van der Waals surface area contributed by atoms with Gasteiger partial charge in [0.25, 0.3) is 0 Å². The smallest absolute Gasteiger partial charge is 0.191 e. The van der Waals surface area contributed by atoms with E-state index in [4.69, 9.17) is 4.52 Å². The zero-order valence-corrected chi connectivity index (χ0v) is 21.4. The quantitative estimate of drug-likeness (QED) is 0.296. The summed E-state index contributed by atoms with van der Waals surface area (Å²) >= 11 is 0. The largest absolute Gasteiger partial charge is 0.359 e. The van der Waals surface area contributed by atoms with Crippen molar-refractivity contribution in [3.8, 4) is 0 Å². The van der Waals surface area contributed by atoms with E-state index in [9.17, 15) is 0 Å². The van der Waals surface area contributed by atoms with E-state index in [0.29, 0.717) is 24.4 Å². The van der Waals surface area contributed by atoms with Gasteiger partial charge in [-0.15, -0.1) is 24.0 Å². The van der Waals surface area contributed by atoms with Crippen LogP contribution in [-0.2, 0) is 6.54 Å². The summed E-state index contributed by atoms with van der Waals surface area (Å²) in [6.45, 7) is 15.0. The lowest BCUT2D eigenvalue weighted by Gasteiger charge is -2.40. The normalized spacial score (nSPS) is 17.4. The SMILES string of the molecule is CCC(CC)c1cc(CNC(=NC)NCC(C(C)C)N2CCN(C)CC2)on1.I. The summed E-state index contributed by atoms with van der Waals surface area (Å²) in [6.07, 6.45) is 2.17. The molecule has 0 radical (unpaired) electrons. The Balaban J connectivity index is 0.00000420.